The van der Waals surface area contributed by atoms with Gasteiger partial charge in [-0.15, -0.1) is 0 Å². The predicted molar refractivity (Wildman–Crippen MR) is 89.9 cm³/mol. The second kappa shape index (κ2) is 7.80. The molecule has 0 amide bonds. The predicted octanol–water partition coefficient (Wildman–Crippen LogP) is 5.02. The number of benzene rings is 1. The number of unbranched alkanes of at least 4 members (excludes halogenated alkanes) is 1. The Hall–Kier alpha value is -1.58. The molecule has 0 saturated heterocycles. The second-order valence-corrected chi connectivity index (χ2v) is 5.99. The molecule has 0 radical (unpaired) electrons. The molecule has 4 nitrogen and oxygen atoms in total. The van der Waals surface area contributed by atoms with E-state index in [1.807, 2.05) is 25.1 Å². The van der Waals surface area contributed by atoms with Gasteiger partial charge in [-0.25, -0.2) is 4.98 Å². The number of hydrogen-bond acceptors (Lipinski definition) is 4. The quantitative estimate of drug-likeness (QED) is 0.509. The van der Waals surface area contributed by atoms with Crippen molar-refractivity contribution in [1.29, 1.82) is 0 Å². The first kappa shape index (κ1) is 17.8. The van der Waals surface area contributed by atoms with Crippen LogP contribution in [0, 0.1) is 3.57 Å². The number of rotatable bonds is 6. The smallest absolute Gasteiger partial charge is 0.423 e. The van der Waals surface area contributed by atoms with Gasteiger partial charge in [0, 0.05) is 15.5 Å². The van der Waals surface area contributed by atoms with Crippen LogP contribution in [-0.4, -0.2) is 16.6 Å². The van der Waals surface area contributed by atoms with Gasteiger partial charge < -0.3 is 10.1 Å². The number of ether oxygens (including phenoxy) is 1. The van der Waals surface area contributed by atoms with E-state index in [1.54, 1.807) is 6.07 Å². The minimum absolute atomic E-state index is 0.0616. The summed E-state index contributed by atoms with van der Waals surface area (Å²) in [6.07, 6.45) is -2.34. The maximum atomic E-state index is 13.0. The monoisotopic (exact) mass is 437 g/mol. The number of alkyl halides is 3. The summed E-state index contributed by atoms with van der Waals surface area (Å²) in [5.41, 5.74) is -0.280. The van der Waals surface area contributed by atoms with Gasteiger partial charge in [0.1, 0.15) is 5.56 Å². The van der Waals surface area contributed by atoms with Crippen LogP contribution in [0.2, 0.25) is 0 Å². The first-order valence-corrected chi connectivity index (χ1v) is 8.07. The van der Waals surface area contributed by atoms with Crippen LogP contribution in [-0.2, 0) is 6.18 Å². The molecule has 124 valence electrons. The van der Waals surface area contributed by atoms with Crippen LogP contribution in [0.1, 0.15) is 25.3 Å². The van der Waals surface area contributed by atoms with E-state index in [2.05, 4.69) is 37.9 Å². The third kappa shape index (κ3) is 5.22. The molecule has 2 aromatic rings. The standard InChI is InChI=1S/C15H15F3IN3O/c1-2-3-7-23-13-12(15(16,17)18)9-20-14(22-13)21-11-6-4-5-10(19)8-11/h4-6,8-9H,2-3,7H2,1H3,(H,20,21,22). The van der Waals surface area contributed by atoms with Gasteiger partial charge in [0.25, 0.3) is 0 Å². The lowest BCUT2D eigenvalue weighted by atomic mass is 10.3. The van der Waals surface area contributed by atoms with Crippen molar-refractivity contribution in [2.24, 2.45) is 0 Å². The molecule has 0 atom stereocenters. The van der Waals surface area contributed by atoms with E-state index in [-0.39, 0.29) is 12.6 Å². The average Bonchev–Trinajstić information content (AvgIpc) is 2.46. The maximum Gasteiger partial charge on any atom is 0.423 e. The fraction of sp³-hybridized carbons (Fsp3) is 0.333. The van der Waals surface area contributed by atoms with Gasteiger partial charge in [-0.2, -0.15) is 18.2 Å². The summed E-state index contributed by atoms with van der Waals surface area (Å²) in [6, 6.07) is 7.34. The third-order valence-electron chi connectivity index (χ3n) is 2.88. The molecule has 2 rings (SSSR count). The lowest BCUT2D eigenvalue weighted by Crippen LogP contribution is -2.13. The van der Waals surface area contributed by atoms with Gasteiger partial charge >= 0.3 is 6.18 Å². The SMILES string of the molecule is CCCCOc1nc(Nc2cccc(I)c2)ncc1C(F)(F)F. The van der Waals surface area contributed by atoms with E-state index in [0.717, 1.165) is 16.2 Å². The van der Waals surface area contributed by atoms with Crippen molar-refractivity contribution < 1.29 is 17.9 Å². The van der Waals surface area contributed by atoms with E-state index in [1.165, 1.54) is 0 Å². The Balaban J connectivity index is 2.26. The van der Waals surface area contributed by atoms with Gasteiger partial charge in [-0.3, -0.25) is 0 Å². The normalized spacial score (nSPS) is 11.3. The number of nitrogens with zero attached hydrogens (tertiary/aromatic N) is 2. The molecule has 0 saturated carbocycles. The summed E-state index contributed by atoms with van der Waals surface area (Å²) in [5, 5.41) is 2.88. The highest BCUT2D eigenvalue weighted by molar-refractivity contribution is 14.1. The van der Waals surface area contributed by atoms with Gasteiger partial charge in [0.05, 0.1) is 6.61 Å². The van der Waals surface area contributed by atoms with Crippen molar-refractivity contribution in [2.75, 3.05) is 11.9 Å². The van der Waals surface area contributed by atoms with Crippen LogP contribution in [0.4, 0.5) is 24.8 Å². The van der Waals surface area contributed by atoms with Crippen molar-refractivity contribution in [3.05, 3.63) is 39.6 Å². The molecule has 1 aromatic heterocycles. The fourth-order valence-corrected chi connectivity index (χ4v) is 2.28. The zero-order chi connectivity index (χ0) is 16.9. The van der Waals surface area contributed by atoms with Crippen LogP contribution in [0.25, 0.3) is 0 Å². The van der Waals surface area contributed by atoms with Crippen molar-refractivity contribution in [3.63, 3.8) is 0 Å². The van der Waals surface area contributed by atoms with Crippen LogP contribution >= 0.6 is 22.6 Å². The van der Waals surface area contributed by atoms with Gasteiger partial charge in [0.2, 0.25) is 11.8 Å². The number of hydrogen-bond donors (Lipinski definition) is 1. The van der Waals surface area contributed by atoms with Gasteiger partial charge in [-0.1, -0.05) is 19.4 Å². The summed E-state index contributed by atoms with van der Waals surface area (Å²) in [5.74, 6) is -0.388. The highest BCUT2D eigenvalue weighted by Gasteiger charge is 2.36. The Kier molecular flexibility index (Phi) is 6.03. The van der Waals surface area contributed by atoms with E-state index in [4.69, 9.17) is 4.74 Å². The molecule has 0 bridgehead atoms. The topological polar surface area (TPSA) is 47.0 Å². The summed E-state index contributed by atoms with van der Waals surface area (Å²) < 4.78 is 45.1. The van der Waals surface area contributed by atoms with Gasteiger partial charge in [-0.05, 0) is 47.2 Å². The molecule has 1 aromatic carbocycles. The minimum Gasteiger partial charge on any atom is -0.477 e. The molecule has 1 heterocycles. The first-order valence-electron chi connectivity index (χ1n) is 6.99. The van der Waals surface area contributed by atoms with Crippen LogP contribution < -0.4 is 10.1 Å². The van der Waals surface area contributed by atoms with Crippen LogP contribution in [0.15, 0.2) is 30.5 Å². The summed E-state index contributed by atoms with van der Waals surface area (Å²) in [6.45, 7) is 2.11. The molecule has 8 heteroatoms. The first-order chi connectivity index (χ1) is 10.9. The highest BCUT2D eigenvalue weighted by atomic mass is 127. The highest BCUT2D eigenvalue weighted by Crippen LogP contribution is 2.35. The zero-order valence-electron chi connectivity index (χ0n) is 12.3. The van der Waals surface area contributed by atoms with E-state index >= 15 is 0 Å². The third-order valence-corrected chi connectivity index (χ3v) is 3.55. The van der Waals surface area contributed by atoms with Crippen molar-refractivity contribution in [3.8, 4) is 5.88 Å². The van der Waals surface area contributed by atoms with E-state index < -0.39 is 17.6 Å². The fourth-order valence-electron chi connectivity index (χ4n) is 1.74. The molecule has 1 N–H and O–H groups in total. The van der Waals surface area contributed by atoms with Crippen molar-refractivity contribution in [2.45, 2.75) is 25.9 Å². The Morgan fingerprint density at radius 2 is 2.09 bits per heavy atom. The number of anilines is 2. The number of aromatic nitrogens is 2. The average molecular weight is 437 g/mol. The Morgan fingerprint density at radius 3 is 2.74 bits per heavy atom. The number of halogens is 4. The Morgan fingerprint density at radius 1 is 1.30 bits per heavy atom. The molecular formula is C15H15F3IN3O. The van der Waals surface area contributed by atoms with Gasteiger partial charge in [0.15, 0.2) is 0 Å². The Bertz CT molecular complexity index is 665. The minimum atomic E-state index is -4.55. The molecular weight excluding hydrogens is 422 g/mol. The number of nitrogens with one attached hydrogen (secondary N) is 1. The maximum absolute atomic E-state index is 13.0. The molecule has 0 spiro atoms. The second-order valence-electron chi connectivity index (χ2n) is 4.75. The summed E-state index contributed by atoms with van der Waals surface area (Å²) in [7, 11) is 0. The van der Waals surface area contributed by atoms with E-state index in [9.17, 15) is 13.2 Å². The Labute approximate surface area is 145 Å². The molecule has 0 fully saturated rings. The molecule has 23 heavy (non-hydrogen) atoms. The van der Waals surface area contributed by atoms with Crippen molar-refractivity contribution >= 4 is 34.2 Å². The molecule has 0 aliphatic heterocycles. The van der Waals surface area contributed by atoms with E-state index in [0.29, 0.717) is 12.1 Å². The van der Waals surface area contributed by atoms with Crippen LogP contribution in [0.5, 0.6) is 5.88 Å². The molecule has 0 unspecified atom stereocenters. The van der Waals surface area contributed by atoms with Crippen molar-refractivity contribution in [1.82, 2.24) is 9.97 Å². The lowest BCUT2D eigenvalue weighted by Gasteiger charge is -2.14. The summed E-state index contributed by atoms with van der Waals surface area (Å²) >= 11 is 2.14. The molecule has 0 aliphatic rings. The van der Waals surface area contributed by atoms with Crippen LogP contribution in [0.3, 0.4) is 0 Å². The molecule has 0 aliphatic carbocycles. The zero-order valence-corrected chi connectivity index (χ0v) is 14.5. The lowest BCUT2D eigenvalue weighted by molar-refractivity contribution is -0.139. The summed E-state index contributed by atoms with van der Waals surface area (Å²) in [4.78, 5) is 7.60. The largest absolute Gasteiger partial charge is 0.477 e.